The van der Waals surface area contributed by atoms with Gasteiger partial charge in [-0.25, -0.2) is 0 Å². The Morgan fingerprint density at radius 2 is 1.70 bits per heavy atom. The molecule has 0 radical (unpaired) electrons. The molecule has 1 aromatic rings. The first kappa shape index (κ1) is 16.9. The largest absolute Gasteiger partial charge is 0.416 e. The quantitative estimate of drug-likeness (QED) is 0.842. The number of nitrogens with one attached hydrogen (secondary N) is 1. The molecule has 1 aromatic carbocycles. The Bertz CT molecular complexity index is 435. The molecule has 0 fully saturated rings. The summed E-state index contributed by atoms with van der Waals surface area (Å²) in [6.07, 6.45) is -4.43. The van der Waals surface area contributed by atoms with Gasteiger partial charge >= 0.3 is 6.18 Å². The Morgan fingerprint density at radius 1 is 1.15 bits per heavy atom. The molecule has 1 atom stereocenters. The van der Waals surface area contributed by atoms with E-state index in [0.717, 1.165) is 6.07 Å². The van der Waals surface area contributed by atoms with E-state index in [2.05, 4.69) is 5.32 Å². The molecule has 6 heteroatoms. The standard InChI is InChI=1S/C14H21F3N2O/c1-13(10-20,18-8-9-19(2)3)11-6-4-5-7-12(11)14(15,16)17/h4-7,18,20H,8-10H2,1-3H3. The van der Waals surface area contributed by atoms with Gasteiger partial charge in [-0.05, 0) is 32.6 Å². The summed E-state index contributed by atoms with van der Waals surface area (Å²) < 4.78 is 39.1. The molecule has 3 nitrogen and oxygen atoms in total. The lowest BCUT2D eigenvalue weighted by Crippen LogP contribution is -2.46. The molecule has 0 bridgehead atoms. The van der Waals surface area contributed by atoms with Crippen molar-refractivity contribution in [1.29, 1.82) is 0 Å². The van der Waals surface area contributed by atoms with E-state index in [1.807, 2.05) is 19.0 Å². The summed E-state index contributed by atoms with van der Waals surface area (Å²) in [5.74, 6) is 0. The van der Waals surface area contributed by atoms with Crippen LogP contribution < -0.4 is 5.32 Å². The van der Waals surface area contributed by atoms with Crippen molar-refractivity contribution in [1.82, 2.24) is 10.2 Å². The molecule has 0 saturated heterocycles. The van der Waals surface area contributed by atoms with Crippen LogP contribution in [0.4, 0.5) is 13.2 Å². The third-order valence-electron chi connectivity index (χ3n) is 3.22. The van der Waals surface area contributed by atoms with Gasteiger partial charge < -0.3 is 15.3 Å². The van der Waals surface area contributed by atoms with Crippen molar-refractivity contribution < 1.29 is 18.3 Å². The number of alkyl halides is 3. The fraction of sp³-hybridized carbons (Fsp3) is 0.571. The average molecular weight is 290 g/mol. The minimum Gasteiger partial charge on any atom is -0.394 e. The van der Waals surface area contributed by atoms with Gasteiger partial charge in [0.05, 0.1) is 17.7 Å². The van der Waals surface area contributed by atoms with E-state index in [-0.39, 0.29) is 5.56 Å². The number of rotatable bonds is 6. The zero-order valence-electron chi connectivity index (χ0n) is 12.0. The molecule has 2 N–H and O–H groups in total. The third kappa shape index (κ3) is 4.19. The Kier molecular flexibility index (Phi) is 5.56. The lowest BCUT2D eigenvalue weighted by Gasteiger charge is -2.32. The number of hydrogen-bond donors (Lipinski definition) is 2. The van der Waals surface area contributed by atoms with Gasteiger partial charge in [0.25, 0.3) is 0 Å². The van der Waals surface area contributed by atoms with Crippen molar-refractivity contribution in [3.63, 3.8) is 0 Å². The van der Waals surface area contributed by atoms with Gasteiger partial charge in [-0.3, -0.25) is 0 Å². The molecule has 0 aromatic heterocycles. The maximum Gasteiger partial charge on any atom is 0.416 e. The van der Waals surface area contributed by atoms with Gasteiger partial charge in [-0.1, -0.05) is 18.2 Å². The van der Waals surface area contributed by atoms with Crippen LogP contribution in [0.3, 0.4) is 0 Å². The fourth-order valence-corrected chi connectivity index (χ4v) is 2.00. The monoisotopic (exact) mass is 290 g/mol. The lowest BCUT2D eigenvalue weighted by molar-refractivity contribution is -0.139. The number of halogens is 3. The predicted molar refractivity (Wildman–Crippen MR) is 72.4 cm³/mol. The minimum atomic E-state index is -4.43. The smallest absolute Gasteiger partial charge is 0.394 e. The molecule has 0 saturated carbocycles. The van der Waals surface area contributed by atoms with Crippen molar-refractivity contribution in [2.45, 2.75) is 18.6 Å². The second-order valence-corrected chi connectivity index (χ2v) is 5.26. The van der Waals surface area contributed by atoms with E-state index in [1.54, 1.807) is 13.0 Å². The van der Waals surface area contributed by atoms with Crippen LogP contribution in [-0.2, 0) is 11.7 Å². The van der Waals surface area contributed by atoms with Crippen LogP contribution in [-0.4, -0.2) is 43.8 Å². The highest BCUT2D eigenvalue weighted by Crippen LogP contribution is 2.36. The first-order valence-electron chi connectivity index (χ1n) is 6.38. The van der Waals surface area contributed by atoms with E-state index in [0.29, 0.717) is 13.1 Å². The second-order valence-electron chi connectivity index (χ2n) is 5.26. The number of aliphatic hydroxyl groups excluding tert-OH is 1. The number of likely N-dealkylation sites (N-methyl/N-ethyl adjacent to an activating group) is 1. The lowest BCUT2D eigenvalue weighted by atomic mass is 9.88. The zero-order chi connectivity index (χ0) is 15.4. The number of nitrogens with zero attached hydrogens (tertiary/aromatic N) is 1. The van der Waals surface area contributed by atoms with Gasteiger partial charge in [-0.15, -0.1) is 0 Å². The highest BCUT2D eigenvalue weighted by molar-refractivity contribution is 5.35. The SMILES string of the molecule is CN(C)CCNC(C)(CO)c1ccccc1C(F)(F)F. The summed E-state index contributed by atoms with van der Waals surface area (Å²) in [4.78, 5) is 1.92. The molecular weight excluding hydrogens is 269 g/mol. The molecule has 0 aliphatic heterocycles. The van der Waals surface area contributed by atoms with Crippen LogP contribution in [0.25, 0.3) is 0 Å². The van der Waals surface area contributed by atoms with Gasteiger partial charge in [0.2, 0.25) is 0 Å². The summed E-state index contributed by atoms with van der Waals surface area (Å²) in [7, 11) is 3.75. The third-order valence-corrected chi connectivity index (χ3v) is 3.22. The number of aliphatic hydroxyl groups is 1. The maximum absolute atomic E-state index is 13.0. The van der Waals surface area contributed by atoms with Crippen LogP contribution in [0.5, 0.6) is 0 Å². The highest BCUT2D eigenvalue weighted by atomic mass is 19.4. The highest BCUT2D eigenvalue weighted by Gasteiger charge is 2.38. The van der Waals surface area contributed by atoms with Gasteiger partial charge in [0.15, 0.2) is 0 Å². The molecule has 0 aliphatic carbocycles. The van der Waals surface area contributed by atoms with E-state index in [4.69, 9.17) is 0 Å². The maximum atomic E-state index is 13.0. The Labute approximate surface area is 117 Å². The van der Waals surface area contributed by atoms with E-state index >= 15 is 0 Å². The normalized spacial score (nSPS) is 15.4. The van der Waals surface area contributed by atoms with Crippen LogP contribution in [0, 0.1) is 0 Å². The molecule has 1 unspecified atom stereocenters. The Morgan fingerprint density at radius 3 is 2.15 bits per heavy atom. The van der Waals surface area contributed by atoms with Crippen molar-refractivity contribution in [2.24, 2.45) is 0 Å². The van der Waals surface area contributed by atoms with E-state index < -0.39 is 23.9 Å². The van der Waals surface area contributed by atoms with E-state index in [9.17, 15) is 18.3 Å². The summed E-state index contributed by atoms with van der Waals surface area (Å²) >= 11 is 0. The minimum absolute atomic E-state index is 0.0637. The van der Waals surface area contributed by atoms with Gasteiger partial charge in [-0.2, -0.15) is 13.2 Å². The molecule has 20 heavy (non-hydrogen) atoms. The van der Waals surface area contributed by atoms with Crippen molar-refractivity contribution >= 4 is 0 Å². The Hall–Kier alpha value is -1.11. The van der Waals surface area contributed by atoms with Crippen LogP contribution in [0.2, 0.25) is 0 Å². The first-order chi connectivity index (χ1) is 9.20. The fourth-order valence-electron chi connectivity index (χ4n) is 2.00. The molecule has 0 amide bonds. The van der Waals surface area contributed by atoms with Crippen molar-refractivity contribution in [3.05, 3.63) is 35.4 Å². The van der Waals surface area contributed by atoms with Crippen LogP contribution in [0.1, 0.15) is 18.1 Å². The molecular formula is C14H21F3N2O. The molecule has 1 rings (SSSR count). The molecule has 0 spiro atoms. The van der Waals surface area contributed by atoms with Gasteiger partial charge in [0, 0.05) is 13.1 Å². The van der Waals surface area contributed by atoms with Crippen LogP contribution in [0.15, 0.2) is 24.3 Å². The molecule has 0 heterocycles. The molecule has 0 aliphatic rings. The summed E-state index contributed by atoms with van der Waals surface area (Å²) in [6.45, 7) is 2.32. The Balaban J connectivity index is 3.05. The zero-order valence-corrected chi connectivity index (χ0v) is 12.0. The number of benzene rings is 1. The van der Waals surface area contributed by atoms with Gasteiger partial charge in [0.1, 0.15) is 0 Å². The van der Waals surface area contributed by atoms with Crippen molar-refractivity contribution in [2.75, 3.05) is 33.8 Å². The first-order valence-corrected chi connectivity index (χ1v) is 6.38. The molecule has 114 valence electrons. The number of hydrogen-bond acceptors (Lipinski definition) is 3. The van der Waals surface area contributed by atoms with E-state index in [1.165, 1.54) is 12.1 Å². The predicted octanol–water partition coefficient (Wildman–Crippen LogP) is 2.06. The van der Waals surface area contributed by atoms with Crippen LogP contribution >= 0.6 is 0 Å². The topological polar surface area (TPSA) is 35.5 Å². The summed E-state index contributed by atoms with van der Waals surface area (Å²) in [6, 6.07) is 5.34. The second kappa shape index (κ2) is 6.56. The average Bonchev–Trinajstić information content (AvgIpc) is 2.37. The van der Waals surface area contributed by atoms with Crippen molar-refractivity contribution in [3.8, 4) is 0 Å². The summed E-state index contributed by atoms with van der Waals surface area (Å²) in [5.41, 5.74) is -1.77. The summed E-state index contributed by atoms with van der Waals surface area (Å²) in [5, 5.41) is 12.6.